The Bertz CT molecular complexity index is 217. The van der Waals surface area contributed by atoms with Gasteiger partial charge in [0.25, 0.3) is 5.95 Å². The predicted molar refractivity (Wildman–Crippen MR) is 37.9 cm³/mol. The zero-order chi connectivity index (χ0) is 7.56. The highest BCUT2D eigenvalue weighted by molar-refractivity contribution is 5.23. The maximum atomic E-state index is 8.85. The number of hydrogen-bond donors (Lipinski definition) is 2. The first-order valence-electron chi connectivity index (χ1n) is 3.22. The van der Waals surface area contributed by atoms with Crippen molar-refractivity contribution >= 4 is 0 Å². The number of furan rings is 1. The van der Waals surface area contributed by atoms with Crippen LogP contribution in [0.25, 0.3) is 0 Å². The lowest BCUT2D eigenvalue weighted by atomic mass is 10.2. The van der Waals surface area contributed by atoms with Crippen molar-refractivity contribution in [2.24, 2.45) is 5.73 Å². The van der Waals surface area contributed by atoms with Crippen LogP contribution in [0.4, 0.5) is 0 Å². The third-order valence-corrected chi connectivity index (χ3v) is 1.42. The van der Waals surface area contributed by atoms with Gasteiger partial charge in [0.2, 0.25) is 0 Å². The zero-order valence-electron chi connectivity index (χ0n) is 5.92. The van der Waals surface area contributed by atoms with Crippen molar-refractivity contribution in [3.05, 3.63) is 17.4 Å². The highest BCUT2D eigenvalue weighted by atomic mass is 16.5. The number of aryl methyl sites for hydroxylation is 1. The monoisotopic (exact) mass is 141 g/mol. The molecule has 0 aliphatic heterocycles. The van der Waals surface area contributed by atoms with Crippen molar-refractivity contribution in [2.75, 3.05) is 6.54 Å². The van der Waals surface area contributed by atoms with E-state index in [1.165, 1.54) is 0 Å². The first-order valence-corrected chi connectivity index (χ1v) is 3.22. The molecule has 0 fully saturated rings. The van der Waals surface area contributed by atoms with Crippen molar-refractivity contribution in [1.29, 1.82) is 0 Å². The molecule has 0 atom stereocenters. The molecule has 56 valence electrons. The van der Waals surface area contributed by atoms with Gasteiger partial charge < -0.3 is 15.3 Å². The number of rotatable bonds is 2. The highest BCUT2D eigenvalue weighted by Gasteiger charge is 2.03. The van der Waals surface area contributed by atoms with Gasteiger partial charge in [-0.05, 0) is 25.5 Å². The Kier molecular flexibility index (Phi) is 1.97. The molecule has 3 N–H and O–H groups in total. The summed E-state index contributed by atoms with van der Waals surface area (Å²) in [5.41, 5.74) is 6.30. The minimum absolute atomic E-state index is 0.0269. The highest BCUT2D eigenvalue weighted by Crippen LogP contribution is 2.19. The molecular formula is C7H11NO2. The quantitative estimate of drug-likeness (QED) is 0.640. The van der Waals surface area contributed by atoms with E-state index in [2.05, 4.69) is 0 Å². The Hall–Kier alpha value is -0.960. The average Bonchev–Trinajstić information content (AvgIpc) is 2.13. The molecule has 3 nitrogen and oxygen atoms in total. The summed E-state index contributed by atoms with van der Waals surface area (Å²) < 4.78 is 4.87. The van der Waals surface area contributed by atoms with Crippen LogP contribution in [0.5, 0.6) is 5.95 Å². The number of aromatic hydroxyl groups is 1. The van der Waals surface area contributed by atoms with E-state index in [0.29, 0.717) is 6.54 Å². The lowest BCUT2D eigenvalue weighted by molar-refractivity contribution is 0.324. The summed E-state index contributed by atoms with van der Waals surface area (Å²) >= 11 is 0. The smallest absolute Gasteiger partial charge is 0.282 e. The third-order valence-electron chi connectivity index (χ3n) is 1.42. The standard InChI is InChI=1S/C7H11NO2/c1-5-6(2-3-8)4-7(9)10-5/h4,9H,2-3,8H2,1H3. The molecule has 0 aliphatic carbocycles. The molecule has 0 saturated heterocycles. The zero-order valence-corrected chi connectivity index (χ0v) is 5.92. The molecule has 0 bridgehead atoms. The average molecular weight is 141 g/mol. The summed E-state index contributed by atoms with van der Waals surface area (Å²) in [6.45, 7) is 2.39. The van der Waals surface area contributed by atoms with E-state index in [1.54, 1.807) is 6.07 Å². The third kappa shape index (κ3) is 1.30. The largest absolute Gasteiger partial charge is 0.481 e. The molecule has 0 radical (unpaired) electrons. The van der Waals surface area contributed by atoms with E-state index in [4.69, 9.17) is 15.3 Å². The summed E-state index contributed by atoms with van der Waals surface area (Å²) in [4.78, 5) is 0. The molecule has 1 rings (SSSR count). The molecule has 0 spiro atoms. The molecule has 0 aromatic carbocycles. The van der Waals surface area contributed by atoms with Gasteiger partial charge in [0.15, 0.2) is 0 Å². The normalized spacial score (nSPS) is 10.2. The first-order chi connectivity index (χ1) is 4.74. The Morgan fingerprint density at radius 2 is 2.40 bits per heavy atom. The Morgan fingerprint density at radius 1 is 1.70 bits per heavy atom. The maximum absolute atomic E-state index is 8.85. The summed E-state index contributed by atoms with van der Waals surface area (Å²) in [6, 6.07) is 1.60. The minimum Gasteiger partial charge on any atom is -0.481 e. The van der Waals surface area contributed by atoms with Crippen molar-refractivity contribution in [2.45, 2.75) is 13.3 Å². The number of nitrogens with two attached hydrogens (primary N) is 1. The molecule has 1 aromatic rings. The Balaban J connectivity index is 2.81. The van der Waals surface area contributed by atoms with Crippen LogP contribution in [-0.4, -0.2) is 11.7 Å². The van der Waals surface area contributed by atoms with Crippen LogP contribution >= 0.6 is 0 Å². The van der Waals surface area contributed by atoms with Gasteiger partial charge in [-0.2, -0.15) is 0 Å². The fraction of sp³-hybridized carbons (Fsp3) is 0.429. The topological polar surface area (TPSA) is 59.4 Å². The van der Waals surface area contributed by atoms with E-state index in [9.17, 15) is 0 Å². The van der Waals surface area contributed by atoms with E-state index in [0.717, 1.165) is 17.7 Å². The predicted octanol–water partition coefficient (Wildman–Crippen LogP) is 0.795. The molecule has 0 unspecified atom stereocenters. The second-order valence-corrected chi connectivity index (χ2v) is 2.20. The van der Waals surface area contributed by atoms with Crippen LogP contribution in [0.15, 0.2) is 10.5 Å². The summed E-state index contributed by atoms with van der Waals surface area (Å²) in [5, 5.41) is 8.85. The molecule has 1 aromatic heterocycles. The van der Waals surface area contributed by atoms with Gasteiger partial charge in [-0.25, -0.2) is 0 Å². The fourth-order valence-corrected chi connectivity index (χ4v) is 0.906. The van der Waals surface area contributed by atoms with Gasteiger partial charge in [-0.15, -0.1) is 0 Å². The van der Waals surface area contributed by atoms with E-state index < -0.39 is 0 Å². The summed E-state index contributed by atoms with van der Waals surface area (Å²) in [7, 11) is 0. The van der Waals surface area contributed by atoms with Crippen molar-refractivity contribution < 1.29 is 9.52 Å². The Labute approximate surface area is 59.5 Å². The van der Waals surface area contributed by atoms with Gasteiger partial charge in [-0.3, -0.25) is 0 Å². The second kappa shape index (κ2) is 2.75. The van der Waals surface area contributed by atoms with Crippen LogP contribution in [-0.2, 0) is 6.42 Å². The van der Waals surface area contributed by atoms with Crippen LogP contribution in [0.2, 0.25) is 0 Å². The van der Waals surface area contributed by atoms with Crippen molar-refractivity contribution in [3.63, 3.8) is 0 Å². The summed E-state index contributed by atoms with van der Waals surface area (Å²) in [6.07, 6.45) is 0.760. The van der Waals surface area contributed by atoms with E-state index >= 15 is 0 Å². The van der Waals surface area contributed by atoms with Crippen molar-refractivity contribution in [1.82, 2.24) is 0 Å². The van der Waals surface area contributed by atoms with Crippen LogP contribution in [0.1, 0.15) is 11.3 Å². The lowest BCUT2D eigenvalue weighted by Gasteiger charge is -1.90. The van der Waals surface area contributed by atoms with Crippen LogP contribution < -0.4 is 5.73 Å². The minimum atomic E-state index is -0.0269. The molecule has 0 aliphatic rings. The SMILES string of the molecule is Cc1oc(O)cc1CCN. The van der Waals surface area contributed by atoms with Gasteiger partial charge in [0.1, 0.15) is 5.76 Å². The van der Waals surface area contributed by atoms with Gasteiger partial charge in [0, 0.05) is 6.07 Å². The molecule has 10 heavy (non-hydrogen) atoms. The number of hydrogen-bond acceptors (Lipinski definition) is 3. The van der Waals surface area contributed by atoms with Crippen molar-refractivity contribution in [3.8, 4) is 5.95 Å². The van der Waals surface area contributed by atoms with Crippen LogP contribution in [0, 0.1) is 6.92 Å². The van der Waals surface area contributed by atoms with Gasteiger partial charge >= 0.3 is 0 Å². The van der Waals surface area contributed by atoms with Gasteiger partial charge in [0.05, 0.1) is 0 Å². The molecule has 1 heterocycles. The summed E-state index contributed by atoms with van der Waals surface area (Å²) in [5.74, 6) is 0.726. The Morgan fingerprint density at radius 3 is 2.80 bits per heavy atom. The first kappa shape index (κ1) is 7.15. The molecule has 0 amide bonds. The van der Waals surface area contributed by atoms with E-state index in [-0.39, 0.29) is 5.95 Å². The maximum Gasteiger partial charge on any atom is 0.282 e. The van der Waals surface area contributed by atoms with Crippen LogP contribution in [0.3, 0.4) is 0 Å². The van der Waals surface area contributed by atoms with E-state index in [1.807, 2.05) is 6.92 Å². The molecular weight excluding hydrogens is 130 g/mol. The fourth-order valence-electron chi connectivity index (χ4n) is 0.906. The van der Waals surface area contributed by atoms with Gasteiger partial charge in [-0.1, -0.05) is 0 Å². The molecule has 3 heteroatoms. The molecule has 0 saturated carbocycles. The second-order valence-electron chi connectivity index (χ2n) is 2.20. The lowest BCUT2D eigenvalue weighted by Crippen LogP contribution is -2.02.